The highest BCUT2D eigenvalue weighted by Crippen LogP contribution is 2.32. The van der Waals surface area contributed by atoms with Crippen LogP contribution in [0.5, 0.6) is 0 Å². The fourth-order valence-electron chi connectivity index (χ4n) is 2.00. The summed E-state index contributed by atoms with van der Waals surface area (Å²) in [6, 6.07) is 10.4. The van der Waals surface area contributed by atoms with Gasteiger partial charge in [0.05, 0.1) is 19.3 Å². The van der Waals surface area contributed by atoms with Crippen molar-refractivity contribution < 1.29 is 14.3 Å². The Hall–Kier alpha value is -1.35. The van der Waals surface area contributed by atoms with Crippen LogP contribution in [0, 0.1) is 5.92 Å². The predicted molar refractivity (Wildman–Crippen MR) is 75.7 cm³/mol. The van der Waals surface area contributed by atoms with Crippen molar-refractivity contribution in [3.05, 3.63) is 35.9 Å². The largest absolute Gasteiger partial charge is 0.468 e. The first-order valence-electron chi connectivity index (χ1n) is 7.00. The molecule has 0 atom stereocenters. The quantitative estimate of drug-likeness (QED) is 0.737. The van der Waals surface area contributed by atoms with Crippen LogP contribution in [0.4, 0.5) is 0 Å². The van der Waals surface area contributed by atoms with Gasteiger partial charge >= 0.3 is 0 Å². The van der Waals surface area contributed by atoms with Gasteiger partial charge in [-0.3, -0.25) is 4.79 Å². The zero-order valence-corrected chi connectivity index (χ0v) is 11.9. The predicted octanol–water partition coefficient (Wildman–Crippen LogP) is 3.57. The maximum Gasteiger partial charge on any atom is 0.293 e. The molecule has 3 nitrogen and oxygen atoms in total. The third kappa shape index (κ3) is 6.39. The summed E-state index contributed by atoms with van der Waals surface area (Å²) in [6.45, 7) is 5.71. The van der Waals surface area contributed by atoms with Crippen molar-refractivity contribution in [3.8, 4) is 0 Å². The maximum atomic E-state index is 9.18. The zero-order chi connectivity index (χ0) is 13.9. The van der Waals surface area contributed by atoms with Crippen molar-refractivity contribution in [1.82, 2.24) is 0 Å². The standard InChI is InChI=1S/C13H18O.C3H6O2/c1-2-11-8-13(9-11)14-10-12-6-4-3-5-7-12;1-2-5-3-4/h3-7,11,13H,2,8-10H2,1H3;3H,2H2,1H3. The fraction of sp³-hybridized carbons (Fsp3) is 0.562. The summed E-state index contributed by atoms with van der Waals surface area (Å²) >= 11 is 0. The van der Waals surface area contributed by atoms with Crippen LogP contribution in [0.1, 0.15) is 38.7 Å². The summed E-state index contributed by atoms with van der Waals surface area (Å²) in [7, 11) is 0. The molecule has 3 heteroatoms. The second-order valence-corrected chi connectivity index (χ2v) is 4.72. The van der Waals surface area contributed by atoms with E-state index in [0.717, 1.165) is 12.5 Å². The lowest BCUT2D eigenvalue weighted by Gasteiger charge is -2.34. The number of carbonyl (C=O) groups is 1. The van der Waals surface area contributed by atoms with Crippen LogP contribution in [-0.4, -0.2) is 19.2 Å². The Morgan fingerprint density at radius 2 is 1.89 bits per heavy atom. The van der Waals surface area contributed by atoms with E-state index in [-0.39, 0.29) is 0 Å². The Morgan fingerprint density at radius 3 is 2.37 bits per heavy atom. The second kappa shape index (κ2) is 9.56. The van der Waals surface area contributed by atoms with Gasteiger partial charge in [-0.15, -0.1) is 0 Å². The van der Waals surface area contributed by atoms with Crippen molar-refractivity contribution in [2.45, 2.75) is 45.8 Å². The van der Waals surface area contributed by atoms with Gasteiger partial charge in [0.25, 0.3) is 6.47 Å². The molecule has 19 heavy (non-hydrogen) atoms. The van der Waals surface area contributed by atoms with E-state index in [4.69, 9.17) is 4.74 Å². The third-order valence-electron chi connectivity index (χ3n) is 3.33. The normalized spacial score (nSPS) is 20.7. The monoisotopic (exact) mass is 264 g/mol. The van der Waals surface area contributed by atoms with Gasteiger partial charge < -0.3 is 9.47 Å². The highest BCUT2D eigenvalue weighted by Gasteiger charge is 2.27. The van der Waals surface area contributed by atoms with Gasteiger partial charge in [0, 0.05) is 0 Å². The average molecular weight is 264 g/mol. The van der Waals surface area contributed by atoms with Gasteiger partial charge in [0.15, 0.2) is 0 Å². The Bertz CT molecular complexity index is 331. The van der Waals surface area contributed by atoms with Crippen LogP contribution < -0.4 is 0 Å². The second-order valence-electron chi connectivity index (χ2n) is 4.72. The van der Waals surface area contributed by atoms with Gasteiger partial charge in [0.1, 0.15) is 0 Å². The first-order valence-corrected chi connectivity index (χ1v) is 7.00. The first-order chi connectivity index (χ1) is 9.30. The molecular weight excluding hydrogens is 240 g/mol. The summed E-state index contributed by atoms with van der Waals surface area (Å²) in [5.74, 6) is 0.927. The smallest absolute Gasteiger partial charge is 0.293 e. The van der Waals surface area contributed by atoms with Gasteiger partial charge in [-0.1, -0.05) is 43.7 Å². The van der Waals surface area contributed by atoms with Crippen molar-refractivity contribution in [2.75, 3.05) is 6.61 Å². The highest BCUT2D eigenvalue weighted by atomic mass is 16.5. The molecule has 1 aliphatic rings. The number of rotatable bonds is 6. The fourth-order valence-corrected chi connectivity index (χ4v) is 2.00. The molecule has 1 aromatic carbocycles. The van der Waals surface area contributed by atoms with Gasteiger partial charge in [-0.2, -0.15) is 0 Å². The summed E-state index contributed by atoms with van der Waals surface area (Å²) in [4.78, 5) is 9.18. The first kappa shape index (κ1) is 15.7. The van der Waals surface area contributed by atoms with E-state index in [1.807, 2.05) is 6.07 Å². The third-order valence-corrected chi connectivity index (χ3v) is 3.33. The summed E-state index contributed by atoms with van der Waals surface area (Å²) in [6.07, 6.45) is 4.37. The molecule has 0 N–H and O–H groups in total. The molecule has 1 saturated carbocycles. The van der Waals surface area contributed by atoms with Crippen LogP contribution in [0.2, 0.25) is 0 Å². The minimum absolute atomic E-state index is 0.431. The molecule has 106 valence electrons. The van der Waals surface area contributed by atoms with E-state index >= 15 is 0 Å². The van der Waals surface area contributed by atoms with E-state index in [0.29, 0.717) is 19.2 Å². The lowest BCUT2D eigenvalue weighted by atomic mass is 9.80. The van der Waals surface area contributed by atoms with Crippen molar-refractivity contribution in [2.24, 2.45) is 5.92 Å². The lowest BCUT2D eigenvalue weighted by molar-refractivity contribution is -0.128. The highest BCUT2D eigenvalue weighted by molar-refractivity contribution is 5.36. The molecule has 2 rings (SSSR count). The Balaban J connectivity index is 0.000000312. The number of carbonyl (C=O) groups excluding carboxylic acids is 1. The SMILES string of the molecule is CCC1CC(OCc2ccccc2)C1.CCOC=O. The minimum atomic E-state index is 0.431. The Labute approximate surface area is 115 Å². The van der Waals surface area contributed by atoms with E-state index in [2.05, 4.69) is 35.9 Å². The zero-order valence-electron chi connectivity index (χ0n) is 11.9. The van der Waals surface area contributed by atoms with Gasteiger partial charge in [-0.25, -0.2) is 0 Å². The van der Waals surface area contributed by atoms with Crippen LogP contribution >= 0.6 is 0 Å². The molecule has 0 heterocycles. The number of hydrogen-bond acceptors (Lipinski definition) is 3. The van der Waals surface area contributed by atoms with Crippen LogP contribution in [0.25, 0.3) is 0 Å². The molecule has 1 aliphatic carbocycles. The minimum Gasteiger partial charge on any atom is -0.468 e. The summed E-state index contributed by atoms with van der Waals surface area (Å²) in [5.41, 5.74) is 1.28. The average Bonchev–Trinajstić information content (AvgIpc) is 2.40. The molecule has 1 aromatic rings. The summed E-state index contributed by atoms with van der Waals surface area (Å²) < 4.78 is 9.95. The van der Waals surface area contributed by atoms with E-state index in [1.165, 1.54) is 24.8 Å². The van der Waals surface area contributed by atoms with E-state index < -0.39 is 0 Å². The molecule has 0 aromatic heterocycles. The van der Waals surface area contributed by atoms with Crippen LogP contribution in [0.3, 0.4) is 0 Å². The van der Waals surface area contributed by atoms with E-state index in [9.17, 15) is 4.79 Å². The number of benzene rings is 1. The molecular formula is C16H24O3. The molecule has 0 saturated heterocycles. The maximum absolute atomic E-state index is 9.18. The Kier molecular flexibility index (Phi) is 7.91. The Morgan fingerprint density at radius 1 is 1.21 bits per heavy atom. The summed E-state index contributed by atoms with van der Waals surface area (Å²) in [5, 5.41) is 0. The number of ether oxygens (including phenoxy) is 2. The molecule has 0 aliphatic heterocycles. The molecule has 0 radical (unpaired) electrons. The van der Waals surface area contributed by atoms with Gasteiger partial charge in [0.2, 0.25) is 0 Å². The molecule has 0 spiro atoms. The van der Waals surface area contributed by atoms with Crippen molar-refractivity contribution in [1.29, 1.82) is 0 Å². The lowest BCUT2D eigenvalue weighted by Crippen LogP contribution is -2.30. The van der Waals surface area contributed by atoms with E-state index in [1.54, 1.807) is 6.92 Å². The van der Waals surface area contributed by atoms with Crippen molar-refractivity contribution in [3.63, 3.8) is 0 Å². The molecule has 0 bridgehead atoms. The number of hydrogen-bond donors (Lipinski definition) is 0. The van der Waals surface area contributed by atoms with Crippen molar-refractivity contribution >= 4 is 6.47 Å². The molecule has 1 fully saturated rings. The topological polar surface area (TPSA) is 35.5 Å². The molecule has 0 amide bonds. The molecule has 0 unspecified atom stereocenters. The van der Waals surface area contributed by atoms with Gasteiger partial charge in [-0.05, 0) is 31.2 Å². The van der Waals surface area contributed by atoms with Crippen LogP contribution in [-0.2, 0) is 20.9 Å². The van der Waals surface area contributed by atoms with Crippen LogP contribution in [0.15, 0.2) is 30.3 Å².